The Balaban J connectivity index is 2.02. The predicted molar refractivity (Wildman–Crippen MR) is 95.7 cm³/mol. The summed E-state index contributed by atoms with van der Waals surface area (Å²) in [5.41, 5.74) is 6.24. The first-order valence-electron chi connectivity index (χ1n) is 7.70. The molecule has 1 aromatic heterocycles. The Labute approximate surface area is 160 Å². The maximum atomic E-state index is 14.2. The number of carbonyl (C=O) groups excluding carboxylic acids is 1. The van der Waals surface area contributed by atoms with Gasteiger partial charge in [0.15, 0.2) is 0 Å². The van der Waals surface area contributed by atoms with Crippen LogP contribution >= 0.6 is 22.6 Å². The van der Waals surface area contributed by atoms with E-state index in [-0.39, 0.29) is 23.7 Å². The molecule has 26 heavy (non-hydrogen) atoms. The van der Waals surface area contributed by atoms with Crippen LogP contribution in [0.15, 0.2) is 24.3 Å². The molecular formula is C17H14F3IN2O3. The fraction of sp³-hybridized carbons (Fsp3) is 0.294. The molecule has 1 aromatic carbocycles. The minimum Gasteiger partial charge on any atom is -0.472 e. The molecule has 0 spiro atoms. The number of benzene rings is 1. The summed E-state index contributed by atoms with van der Waals surface area (Å²) in [6.45, 7) is 0.00622. The van der Waals surface area contributed by atoms with Crippen LogP contribution < -0.4 is 10.5 Å². The van der Waals surface area contributed by atoms with E-state index in [0.717, 1.165) is 12.1 Å². The molecule has 9 heteroatoms. The first kappa shape index (κ1) is 18.9. The molecule has 0 radical (unpaired) electrons. The quantitative estimate of drug-likeness (QED) is 0.528. The van der Waals surface area contributed by atoms with Crippen LogP contribution in [-0.2, 0) is 11.2 Å². The Morgan fingerprint density at radius 3 is 2.81 bits per heavy atom. The first-order valence-corrected chi connectivity index (χ1v) is 8.95. The maximum Gasteiger partial charge on any atom is 0.267 e. The number of fused-ring (bicyclic) bond motifs is 1. The minimum absolute atomic E-state index is 0.00622. The van der Waals surface area contributed by atoms with Crippen LogP contribution in [0.1, 0.15) is 22.5 Å². The van der Waals surface area contributed by atoms with Crippen molar-refractivity contribution in [3.8, 4) is 17.0 Å². The molecule has 5 nitrogen and oxygen atoms in total. The second kappa shape index (κ2) is 7.78. The van der Waals surface area contributed by atoms with Gasteiger partial charge in [-0.25, -0.2) is 18.2 Å². The molecule has 0 fully saturated rings. The van der Waals surface area contributed by atoms with E-state index in [1.165, 1.54) is 34.7 Å². The molecule has 1 amide bonds. The average Bonchev–Trinajstić information content (AvgIpc) is 2.58. The average molecular weight is 478 g/mol. The lowest BCUT2D eigenvalue weighted by Gasteiger charge is -2.27. The number of ether oxygens (including phenoxy) is 2. The molecule has 2 N–H and O–H groups in total. The minimum atomic E-state index is -1.47. The van der Waals surface area contributed by atoms with Crippen LogP contribution in [-0.4, -0.2) is 28.0 Å². The number of hydrogen-bond acceptors (Lipinski definition) is 4. The van der Waals surface area contributed by atoms with E-state index in [1.54, 1.807) is 0 Å². The highest BCUT2D eigenvalue weighted by atomic mass is 127. The molecule has 0 aliphatic carbocycles. The molecule has 3 rings (SSSR count). The number of carbonyl (C=O) groups is 1. The Bertz CT molecular complexity index is 848. The van der Waals surface area contributed by atoms with Crippen molar-refractivity contribution in [2.75, 3.05) is 6.61 Å². The molecule has 2 atom stereocenters. The van der Waals surface area contributed by atoms with Crippen LogP contribution in [0.3, 0.4) is 0 Å². The SMILES string of the molecule is NC(=O)c1cc(-c2ccc(F)cc2F)c2c(n1)O[C@@H](COC(F)I)CC2. The van der Waals surface area contributed by atoms with E-state index in [4.69, 9.17) is 15.2 Å². The van der Waals surface area contributed by atoms with Gasteiger partial charge in [0.1, 0.15) is 23.4 Å². The molecule has 138 valence electrons. The highest BCUT2D eigenvalue weighted by molar-refractivity contribution is 14.1. The van der Waals surface area contributed by atoms with Gasteiger partial charge in [-0.2, -0.15) is 0 Å². The fourth-order valence-corrected chi connectivity index (χ4v) is 2.99. The Morgan fingerprint density at radius 1 is 1.38 bits per heavy atom. The number of alkyl halides is 2. The zero-order valence-electron chi connectivity index (χ0n) is 13.3. The molecular weight excluding hydrogens is 464 g/mol. The highest BCUT2D eigenvalue weighted by Gasteiger charge is 2.27. The Hall–Kier alpha value is -1.88. The summed E-state index contributed by atoms with van der Waals surface area (Å²) in [6.07, 6.45) is 0.473. The number of rotatable bonds is 5. The van der Waals surface area contributed by atoms with Gasteiger partial charge >= 0.3 is 0 Å². The smallest absolute Gasteiger partial charge is 0.267 e. The molecule has 0 saturated heterocycles. The summed E-state index contributed by atoms with van der Waals surface area (Å²) in [7, 11) is 0. The number of aromatic nitrogens is 1. The second-order valence-corrected chi connectivity index (χ2v) is 6.68. The molecule has 1 aliphatic heterocycles. The number of primary amides is 1. The zero-order chi connectivity index (χ0) is 18.8. The van der Waals surface area contributed by atoms with Gasteiger partial charge in [0.2, 0.25) is 10.2 Å². The fourth-order valence-electron chi connectivity index (χ4n) is 2.78. The van der Waals surface area contributed by atoms with Gasteiger partial charge in [0.25, 0.3) is 5.91 Å². The van der Waals surface area contributed by atoms with E-state index in [0.29, 0.717) is 24.0 Å². The van der Waals surface area contributed by atoms with Crippen molar-refractivity contribution in [2.24, 2.45) is 5.73 Å². The number of amides is 1. The van der Waals surface area contributed by atoms with E-state index < -0.39 is 28.0 Å². The lowest BCUT2D eigenvalue weighted by atomic mass is 9.94. The summed E-state index contributed by atoms with van der Waals surface area (Å²) in [5, 5.41) is 0. The van der Waals surface area contributed by atoms with Gasteiger partial charge in [-0.3, -0.25) is 4.79 Å². The summed E-state index contributed by atoms with van der Waals surface area (Å²) in [6, 6.07) is 4.52. The summed E-state index contributed by atoms with van der Waals surface area (Å²) in [5.74, 6) is -2.18. The maximum absolute atomic E-state index is 14.2. The van der Waals surface area contributed by atoms with Crippen LogP contribution in [0, 0.1) is 11.6 Å². The number of halogens is 4. The third-order valence-electron chi connectivity index (χ3n) is 3.96. The summed E-state index contributed by atoms with van der Waals surface area (Å²) < 4.78 is 49.4. The van der Waals surface area contributed by atoms with Crippen molar-refractivity contribution in [2.45, 2.75) is 23.3 Å². The number of nitrogens with two attached hydrogens (primary N) is 1. The topological polar surface area (TPSA) is 74.4 Å². The highest BCUT2D eigenvalue weighted by Crippen LogP contribution is 2.36. The van der Waals surface area contributed by atoms with Crippen molar-refractivity contribution in [1.82, 2.24) is 4.98 Å². The van der Waals surface area contributed by atoms with E-state index in [2.05, 4.69) is 4.98 Å². The van der Waals surface area contributed by atoms with Gasteiger partial charge < -0.3 is 15.2 Å². The molecule has 2 aromatic rings. The monoisotopic (exact) mass is 478 g/mol. The Morgan fingerprint density at radius 2 is 2.15 bits per heavy atom. The van der Waals surface area contributed by atoms with Crippen molar-refractivity contribution in [1.29, 1.82) is 0 Å². The van der Waals surface area contributed by atoms with Crippen LogP contribution in [0.4, 0.5) is 13.2 Å². The van der Waals surface area contributed by atoms with Gasteiger partial charge in [-0.1, -0.05) is 0 Å². The molecule has 0 saturated carbocycles. The lowest BCUT2D eigenvalue weighted by Crippen LogP contribution is -2.30. The van der Waals surface area contributed by atoms with Crippen molar-refractivity contribution >= 4 is 28.5 Å². The lowest BCUT2D eigenvalue weighted by molar-refractivity contribution is -0.0132. The zero-order valence-corrected chi connectivity index (χ0v) is 15.5. The molecule has 0 bridgehead atoms. The number of hydrogen-bond donors (Lipinski definition) is 1. The van der Waals surface area contributed by atoms with E-state index >= 15 is 0 Å². The molecule has 2 heterocycles. The second-order valence-electron chi connectivity index (χ2n) is 5.70. The van der Waals surface area contributed by atoms with Gasteiger partial charge in [0.05, 0.1) is 6.61 Å². The van der Waals surface area contributed by atoms with Crippen molar-refractivity contribution < 1.29 is 27.4 Å². The molecule has 1 unspecified atom stereocenters. The van der Waals surface area contributed by atoms with Crippen LogP contribution in [0.2, 0.25) is 0 Å². The Kier molecular flexibility index (Phi) is 5.66. The first-order chi connectivity index (χ1) is 12.3. The van der Waals surface area contributed by atoms with Gasteiger partial charge in [0, 0.05) is 17.2 Å². The summed E-state index contributed by atoms with van der Waals surface area (Å²) in [4.78, 5) is 15.7. The van der Waals surface area contributed by atoms with E-state index in [1.807, 2.05) is 0 Å². The van der Waals surface area contributed by atoms with Gasteiger partial charge in [-0.05, 0) is 59.2 Å². The third kappa shape index (κ3) is 4.09. The van der Waals surface area contributed by atoms with Gasteiger partial charge in [-0.15, -0.1) is 0 Å². The predicted octanol–water partition coefficient (Wildman–Crippen LogP) is 3.52. The number of pyridine rings is 1. The third-order valence-corrected chi connectivity index (χ3v) is 4.32. The van der Waals surface area contributed by atoms with E-state index in [9.17, 15) is 18.0 Å². The van der Waals surface area contributed by atoms with Crippen molar-refractivity contribution in [3.63, 3.8) is 0 Å². The summed E-state index contributed by atoms with van der Waals surface area (Å²) >= 11 is 1.48. The largest absolute Gasteiger partial charge is 0.472 e. The number of nitrogens with zero attached hydrogens (tertiary/aromatic N) is 1. The van der Waals surface area contributed by atoms with Crippen molar-refractivity contribution in [3.05, 3.63) is 47.2 Å². The normalized spacial score (nSPS) is 17.3. The van der Waals surface area contributed by atoms with Crippen LogP contribution in [0.25, 0.3) is 11.1 Å². The molecule has 1 aliphatic rings. The van der Waals surface area contributed by atoms with Crippen LogP contribution in [0.5, 0.6) is 5.88 Å². The standard InChI is InChI=1S/C17H14F3IN2O3/c18-8-1-3-10(13(19)5-8)12-6-14(15(22)24)23-16-11(12)4-2-9(26-16)7-25-17(20)21/h1,3,5-6,9,17H,2,4,7H2,(H2,22,24)/t9-,17?/m1/s1.